The van der Waals surface area contributed by atoms with Crippen LogP contribution in [0.4, 0.5) is 11.5 Å². The second-order valence-electron chi connectivity index (χ2n) is 3.47. The van der Waals surface area contributed by atoms with E-state index in [0.717, 1.165) is 5.56 Å². The van der Waals surface area contributed by atoms with Crippen LogP contribution in [0, 0.1) is 10.1 Å². The van der Waals surface area contributed by atoms with Crippen molar-refractivity contribution in [2.24, 2.45) is 0 Å². The Labute approximate surface area is 98.3 Å². The maximum atomic E-state index is 10.8. The average Bonchev–Trinajstić information content (AvgIpc) is 2.38. The van der Waals surface area contributed by atoms with Crippen molar-refractivity contribution in [1.82, 2.24) is 4.98 Å². The van der Waals surface area contributed by atoms with Gasteiger partial charge in [-0.05, 0) is 11.6 Å². The Morgan fingerprint density at radius 1 is 1.18 bits per heavy atom. The van der Waals surface area contributed by atoms with Crippen molar-refractivity contribution in [2.45, 2.75) is 6.54 Å². The Hall–Kier alpha value is -2.43. The molecule has 0 amide bonds. The maximum absolute atomic E-state index is 10.8. The van der Waals surface area contributed by atoms with Crippen LogP contribution in [-0.4, -0.2) is 9.91 Å². The van der Waals surface area contributed by atoms with Crippen molar-refractivity contribution in [2.75, 3.05) is 5.32 Å². The van der Waals surface area contributed by atoms with Crippen LogP contribution in [0.2, 0.25) is 0 Å². The summed E-state index contributed by atoms with van der Waals surface area (Å²) in [6.07, 6.45) is 1.53. The molecule has 0 aliphatic heterocycles. The summed E-state index contributed by atoms with van der Waals surface area (Å²) in [6.45, 7) is 0.513. The minimum atomic E-state index is -0.444. The minimum absolute atomic E-state index is 0.0107. The Bertz CT molecular complexity index is 514. The number of aromatic nitrogens is 1. The van der Waals surface area contributed by atoms with E-state index in [1.165, 1.54) is 12.3 Å². The number of nitrogens with one attached hydrogen (secondary N) is 1. The average molecular weight is 229 g/mol. The van der Waals surface area contributed by atoms with Crippen molar-refractivity contribution in [3.63, 3.8) is 0 Å². The SMILES string of the molecule is O=[N+]([O-])c1cccnc1NCc1ccccc1. The zero-order valence-electron chi connectivity index (χ0n) is 9.04. The van der Waals surface area contributed by atoms with Gasteiger partial charge in [-0.3, -0.25) is 10.1 Å². The Morgan fingerprint density at radius 3 is 2.65 bits per heavy atom. The molecule has 0 radical (unpaired) electrons. The zero-order valence-corrected chi connectivity index (χ0v) is 9.04. The number of anilines is 1. The Kier molecular flexibility index (Phi) is 3.30. The molecule has 0 fully saturated rings. The normalized spacial score (nSPS) is 9.88. The van der Waals surface area contributed by atoms with Gasteiger partial charge in [-0.15, -0.1) is 0 Å². The minimum Gasteiger partial charge on any atom is -0.360 e. The molecule has 1 aromatic carbocycles. The number of hydrogen-bond acceptors (Lipinski definition) is 4. The summed E-state index contributed by atoms with van der Waals surface area (Å²) in [6, 6.07) is 12.6. The van der Waals surface area contributed by atoms with E-state index in [1.807, 2.05) is 30.3 Å². The van der Waals surface area contributed by atoms with Crippen LogP contribution in [0.1, 0.15) is 5.56 Å². The molecule has 0 aliphatic carbocycles. The summed E-state index contributed by atoms with van der Waals surface area (Å²) < 4.78 is 0. The summed E-state index contributed by atoms with van der Waals surface area (Å²) in [5, 5.41) is 13.7. The van der Waals surface area contributed by atoms with Crippen LogP contribution in [0.3, 0.4) is 0 Å². The summed E-state index contributed by atoms with van der Waals surface area (Å²) in [5.74, 6) is 0.293. The molecule has 17 heavy (non-hydrogen) atoms. The summed E-state index contributed by atoms with van der Waals surface area (Å²) in [4.78, 5) is 14.3. The molecule has 0 atom stereocenters. The van der Waals surface area contributed by atoms with Gasteiger partial charge in [-0.2, -0.15) is 0 Å². The molecule has 86 valence electrons. The number of nitro groups is 1. The van der Waals surface area contributed by atoms with Crippen LogP contribution in [0.25, 0.3) is 0 Å². The fourth-order valence-corrected chi connectivity index (χ4v) is 1.46. The lowest BCUT2D eigenvalue weighted by molar-refractivity contribution is -0.384. The molecule has 0 unspecified atom stereocenters. The van der Waals surface area contributed by atoms with E-state index >= 15 is 0 Å². The first-order chi connectivity index (χ1) is 8.27. The van der Waals surface area contributed by atoms with Gasteiger partial charge >= 0.3 is 5.69 Å². The van der Waals surface area contributed by atoms with Gasteiger partial charge in [0.25, 0.3) is 0 Å². The van der Waals surface area contributed by atoms with E-state index in [9.17, 15) is 10.1 Å². The third kappa shape index (κ3) is 2.78. The van der Waals surface area contributed by atoms with Gasteiger partial charge in [0.2, 0.25) is 5.82 Å². The van der Waals surface area contributed by atoms with E-state index in [-0.39, 0.29) is 5.69 Å². The predicted octanol–water partition coefficient (Wildman–Crippen LogP) is 2.60. The third-order valence-corrected chi connectivity index (χ3v) is 2.29. The zero-order chi connectivity index (χ0) is 12.1. The quantitative estimate of drug-likeness (QED) is 0.646. The summed E-state index contributed by atoms with van der Waals surface area (Å²) in [5.41, 5.74) is 1.04. The Morgan fingerprint density at radius 2 is 1.94 bits per heavy atom. The molecule has 1 N–H and O–H groups in total. The van der Waals surface area contributed by atoms with Gasteiger partial charge in [-0.25, -0.2) is 4.98 Å². The van der Waals surface area contributed by atoms with Crippen molar-refractivity contribution >= 4 is 11.5 Å². The fourth-order valence-electron chi connectivity index (χ4n) is 1.46. The number of benzene rings is 1. The molecule has 0 aliphatic rings. The van der Waals surface area contributed by atoms with Crippen LogP contribution >= 0.6 is 0 Å². The largest absolute Gasteiger partial charge is 0.360 e. The topological polar surface area (TPSA) is 68.1 Å². The summed E-state index contributed by atoms with van der Waals surface area (Å²) in [7, 11) is 0. The highest BCUT2D eigenvalue weighted by Crippen LogP contribution is 2.20. The lowest BCUT2D eigenvalue weighted by atomic mass is 10.2. The number of pyridine rings is 1. The van der Waals surface area contributed by atoms with E-state index in [4.69, 9.17) is 0 Å². The first-order valence-corrected chi connectivity index (χ1v) is 5.14. The first-order valence-electron chi connectivity index (χ1n) is 5.14. The highest BCUT2D eigenvalue weighted by Gasteiger charge is 2.12. The van der Waals surface area contributed by atoms with Gasteiger partial charge in [0.05, 0.1) is 4.92 Å². The molecule has 0 bridgehead atoms. The summed E-state index contributed by atoms with van der Waals surface area (Å²) >= 11 is 0. The smallest absolute Gasteiger partial charge is 0.311 e. The molecule has 0 saturated carbocycles. The molecule has 1 aromatic heterocycles. The molecule has 5 nitrogen and oxygen atoms in total. The van der Waals surface area contributed by atoms with Crippen LogP contribution < -0.4 is 5.32 Å². The van der Waals surface area contributed by atoms with Crippen molar-refractivity contribution in [1.29, 1.82) is 0 Å². The maximum Gasteiger partial charge on any atom is 0.311 e. The first kappa shape index (κ1) is 11.1. The lowest BCUT2D eigenvalue weighted by Gasteiger charge is -2.05. The molecule has 2 aromatic rings. The molecule has 2 rings (SSSR count). The van der Waals surface area contributed by atoms with Crippen molar-refractivity contribution < 1.29 is 4.92 Å². The van der Waals surface area contributed by atoms with E-state index in [2.05, 4.69) is 10.3 Å². The van der Waals surface area contributed by atoms with Gasteiger partial charge in [0.1, 0.15) is 0 Å². The number of rotatable bonds is 4. The standard InChI is InChI=1S/C12H11N3O2/c16-15(17)11-7-4-8-13-12(11)14-9-10-5-2-1-3-6-10/h1-8H,9H2,(H,13,14). The van der Waals surface area contributed by atoms with Crippen LogP contribution in [0.5, 0.6) is 0 Å². The Balaban J connectivity index is 2.12. The van der Waals surface area contributed by atoms with Crippen LogP contribution in [0.15, 0.2) is 48.7 Å². The predicted molar refractivity (Wildman–Crippen MR) is 64.7 cm³/mol. The van der Waals surface area contributed by atoms with E-state index < -0.39 is 4.92 Å². The molecule has 0 spiro atoms. The highest BCUT2D eigenvalue weighted by molar-refractivity contribution is 5.55. The second kappa shape index (κ2) is 5.07. The fraction of sp³-hybridized carbons (Fsp3) is 0.0833. The molecular formula is C12H11N3O2. The lowest BCUT2D eigenvalue weighted by Crippen LogP contribution is -2.04. The van der Waals surface area contributed by atoms with Gasteiger partial charge in [-0.1, -0.05) is 30.3 Å². The molecule has 0 saturated heterocycles. The molecule has 5 heteroatoms. The van der Waals surface area contributed by atoms with Crippen LogP contribution in [-0.2, 0) is 6.54 Å². The second-order valence-corrected chi connectivity index (χ2v) is 3.47. The monoisotopic (exact) mass is 229 g/mol. The number of nitrogens with zero attached hydrogens (tertiary/aromatic N) is 2. The van der Waals surface area contributed by atoms with Gasteiger partial charge in [0.15, 0.2) is 0 Å². The highest BCUT2D eigenvalue weighted by atomic mass is 16.6. The molecule has 1 heterocycles. The van der Waals surface area contributed by atoms with Gasteiger partial charge in [0, 0.05) is 18.8 Å². The van der Waals surface area contributed by atoms with E-state index in [1.54, 1.807) is 6.07 Å². The van der Waals surface area contributed by atoms with Crippen molar-refractivity contribution in [3.05, 3.63) is 64.3 Å². The van der Waals surface area contributed by atoms with Gasteiger partial charge < -0.3 is 5.32 Å². The third-order valence-electron chi connectivity index (χ3n) is 2.29. The number of hydrogen-bond donors (Lipinski definition) is 1. The molecular weight excluding hydrogens is 218 g/mol. The van der Waals surface area contributed by atoms with E-state index in [0.29, 0.717) is 12.4 Å². The van der Waals surface area contributed by atoms with Crippen molar-refractivity contribution in [3.8, 4) is 0 Å².